The second kappa shape index (κ2) is 9.04. The smallest absolute Gasteiger partial charge is 0.274 e. The molecule has 1 atom stereocenters. The third-order valence-electron chi connectivity index (χ3n) is 5.40. The van der Waals surface area contributed by atoms with E-state index >= 15 is 0 Å². The van der Waals surface area contributed by atoms with Crippen LogP contribution >= 0.6 is 0 Å². The van der Waals surface area contributed by atoms with Crippen molar-refractivity contribution in [3.8, 4) is 0 Å². The van der Waals surface area contributed by atoms with E-state index in [1.54, 1.807) is 12.3 Å². The number of carbonyl (C=O) groups is 1. The molecule has 1 fully saturated rings. The number of aromatic nitrogens is 2. The number of nitrogens with zero attached hydrogens (tertiary/aromatic N) is 4. The van der Waals surface area contributed by atoms with Gasteiger partial charge in [-0.05, 0) is 69.4 Å². The average molecular weight is 382 g/mol. The number of aryl methyl sites for hydroxylation is 1. The molecular weight excluding hydrogens is 350 g/mol. The maximum Gasteiger partial charge on any atom is 0.274 e. The highest BCUT2D eigenvalue weighted by Gasteiger charge is 2.20. The number of nitrogens with one attached hydrogen (secondary N) is 1. The van der Waals surface area contributed by atoms with Crippen LogP contribution in [0.4, 0.5) is 17.3 Å². The van der Waals surface area contributed by atoms with E-state index in [4.69, 9.17) is 0 Å². The molecular formula is C22H31N5O. The van der Waals surface area contributed by atoms with Gasteiger partial charge in [0, 0.05) is 43.8 Å². The van der Waals surface area contributed by atoms with Crippen molar-refractivity contribution in [3.05, 3.63) is 41.7 Å². The Labute approximate surface area is 168 Å². The number of carbonyl (C=O) groups excluding carboxylic acids is 1. The maximum atomic E-state index is 12.8. The first kappa shape index (κ1) is 20.1. The van der Waals surface area contributed by atoms with Gasteiger partial charge >= 0.3 is 0 Å². The Kier molecular flexibility index (Phi) is 6.49. The van der Waals surface area contributed by atoms with Crippen LogP contribution in [0.2, 0.25) is 0 Å². The first-order valence-electron chi connectivity index (χ1n) is 10.3. The van der Waals surface area contributed by atoms with Gasteiger partial charge in [-0.15, -0.1) is 0 Å². The molecule has 0 aliphatic carbocycles. The van der Waals surface area contributed by atoms with Crippen molar-refractivity contribution in [1.29, 1.82) is 0 Å². The van der Waals surface area contributed by atoms with Crippen molar-refractivity contribution in [2.45, 2.75) is 40.5 Å². The summed E-state index contributed by atoms with van der Waals surface area (Å²) in [6, 6.07) is 7.81. The van der Waals surface area contributed by atoms with Crippen molar-refractivity contribution >= 4 is 23.2 Å². The molecule has 6 heteroatoms. The van der Waals surface area contributed by atoms with Gasteiger partial charge in [0.2, 0.25) is 5.95 Å². The molecule has 0 radical (unpaired) electrons. The lowest BCUT2D eigenvalue weighted by molar-refractivity contribution is 0.102. The molecule has 2 aromatic rings. The van der Waals surface area contributed by atoms with Crippen LogP contribution in [-0.2, 0) is 0 Å². The van der Waals surface area contributed by atoms with Crippen molar-refractivity contribution < 1.29 is 4.79 Å². The minimum Gasteiger partial charge on any atom is -0.372 e. The fraction of sp³-hybridized carbons (Fsp3) is 0.500. The Hall–Kier alpha value is -2.63. The van der Waals surface area contributed by atoms with E-state index in [-0.39, 0.29) is 5.91 Å². The van der Waals surface area contributed by atoms with E-state index in [1.165, 1.54) is 12.1 Å². The van der Waals surface area contributed by atoms with Crippen LogP contribution in [-0.4, -0.2) is 42.1 Å². The van der Waals surface area contributed by atoms with Crippen LogP contribution in [0.25, 0.3) is 0 Å². The van der Waals surface area contributed by atoms with Gasteiger partial charge in [0.05, 0.1) is 0 Å². The summed E-state index contributed by atoms with van der Waals surface area (Å²) in [6.45, 7) is 12.4. The van der Waals surface area contributed by atoms with Gasteiger partial charge in [-0.3, -0.25) is 4.79 Å². The van der Waals surface area contributed by atoms with E-state index < -0.39 is 0 Å². The third kappa shape index (κ3) is 4.61. The third-order valence-corrected chi connectivity index (χ3v) is 5.40. The Morgan fingerprint density at radius 3 is 2.75 bits per heavy atom. The summed E-state index contributed by atoms with van der Waals surface area (Å²) in [6.07, 6.45) is 4.05. The summed E-state index contributed by atoms with van der Waals surface area (Å²) in [5, 5.41) is 3.00. The number of hydrogen-bond donors (Lipinski definition) is 1. The van der Waals surface area contributed by atoms with Crippen LogP contribution in [0.15, 0.2) is 30.5 Å². The monoisotopic (exact) mass is 381 g/mol. The van der Waals surface area contributed by atoms with Gasteiger partial charge in [0.25, 0.3) is 5.91 Å². The molecule has 1 aliphatic heterocycles. The van der Waals surface area contributed by atoms with E-state index in [9.17, 15) is 4.79 Å². The molecule has 1 amide bonds. The molecule has 0 saturated carbocycles. The van der Waals surface area contributed by atoms with Crippen molar-refractivity contribution in [1.82, 2.24) is 9.97 Å². The molecule has 2 heterocycles. The molecule has 0 bridgehead atoms. The number of rotatable bonds is 6. The molecule has 1 N–H and O–H groups in total. The van der Waals surface area contributed by atoms with E-state index in [2.05, 4.69) is 58.0 Å². The summed E-state index contributed by atoms with van der Waals surface area (Å²) in [5.41, 5.74) is 3.42. The lowest BCUT2D eigenvalue weighted by Crippen LogP contribution is -2.35. The van der Waals surface area contributed by atoms with Gasteiger partial charge in [0.15, 0.2) is 0 Å². The van der Waals surface area contributed by atoms with Crippen LogP contribution < -0.4 is 15.1 Å². The average Bonchev–Trinajstić information content (AvgIpc) is 2.71. The zero-order chi connectivity index (χ0) is 20.1. The molecule has 0 spiro atoms. The normalized spacial score (nSPS) is 16.7. The minimum atomic E-state index is -0.201. The van der Waals surface area contributed by atoms with Crippen LogP contribution in [0.3, 0.4) is 0 Å². The second-order valence-corrected chi connectivity index (χ2v) is 7.56. The maximum absolute atomic E-state index is 12.8. The number of amides is 1. The summed E-state index contributed by atoms with van der Waals surface area (Å²) in [4.78, 5) is 26.1. The molecule has 1 aromatic carbocycles. The topological polar surface area (TPSA) is 61.4 Å². The van der Waals surface area contributed by atoms with Gasteiger partial charge in [-0.2, -0.15) is 0 Å². The first-order valence-corrected chi connectivity index (χ1v) is 10.3. The molecule has 6 nitrogen and oxygen atoms in total. The summed E-state index contributed by atoms with van der Waals surface area (Å²) in [7, 11) is 0. The SMILES string of the molecule is CCN(CC)c1ccc(NC(=O)c2ccnc(N3CCCC(C)C3)n2)c(C)c1. The predicted octanol–water partition coefficient (Wildman–Crippen LogP) is 4.12. The van der Waals surface area contributed by atoms with Gasteiger partial charge in [-0.1, -0.05) is 6.92 Å². The van der Waals surface area contributed by atoms with Crippen molar-refractivity contribution in [2.75, 3.05) is 41.3 Å². The Balaban J connectivity index is 1.73. The van der Waals surface area contributed by atoms with E-state index in [1.807, 2.05) is 13.0 Å². The second-order valence-electron chi connectivity index (χ2n) is 7.56. The number of benzene rings is 1. The number of piperidine rings is 1. The molecule has 150 valence electrons. The zero-order valence-electron chi connectivity index (χ0n) is 17.4. The Morgan fingerprint density at radius 1 is 1.29 bits per heavy atom. The van der Waals surface area contributed by atoms with Crippen molar-refractivity contribution in [2.24, 2.45) is 5.92 Å². The quantitative estimate of drug-likeness (QED) is 0.815. The highest BCUT2D eigenvalue weighted by atomic mass is 16.1. The zero-order valence-corrected chi connectivity index (χ0v) is 17.4. The lowest BCUT2D eigenvalue weighted by atomic mass is 10.0. The van der Waals surface area contributed by atoms with E-state index in [0.717, 1.165) is 43.9 Å². The minimum absolute atomic E-state index is 0.201. The summed E-state index contributed by atoms with van der Waals surface area (Å²) >= 11 is 0. The molecule has 3 rings (SSSR count). The van der Waals surface area contributed by atoms with Gasteiger partial charge < -0.3 is 15.1 Å². The van der Waals surface area contributed by atoms with Crippen molar-refractivity contribution in [3.63, 3.8) is 0 Å². The first-order chi connectivity index (χ1) is 13.5. The Morgan fingerprint density at radius 2 is 2.07 bits per heavy atom. The number of hydrogen-bond acceptors (Lipinski definition) is 5. The predicted molar refractivity (Wildman–Crippen MR) is 115 cm³/mol. The molecule has 1 saturated heterocycles. The molecule has 1 aromatic heterocycles. The Bertz CT molecular complexity index is 818. The highest BCUT2D eigenvalue weighted by Crippen LogP contribution is 2.24. The van der Waals surface area contributed by atoms with E-state index in [0.29, 0.717) is 17.6 Å². The number of anilines is 3. The van der Waals surface area contributed by atoms with Gasteiger partial charge in [-0.25, -0.2) is 9.97 Å². The summed E-state index contributed by atoms with van der Waals surface area (Å²) < 4.78 is 0. The molecule has 1 unspecified atom stereocenters. The fourth-order valence-electron chi connectivity index (χ4n) is 3.76. The fourth-order valence-corrected chi connectivity index (χ4v) is 3.76. The largest absolute Gasteiger partial charge is 0.372 e. The van der Waals surface area contributed by atoms with Crippen LogP contribution in [0.5, 0.6) is 0 Å². The summed E-state index contributed by atoms with van der Waals surface area (Å²) in [5.74, 6) is 1.07. The standard InChI is InChI=1S/C22H31N5O/c1-5-26(6-2)18-9-10-19(17(4)14-18)24-21(28)20-11-12-23-22(25-20)27-13-7-8-16(3)15-27/h9-12,14,16H,5-8,13,15H2,1-4H3,(H,24,28). The lowest BCUT2D eigenvalue weighted by Gasteiger charge is -2.30. The van der Waals surface area contributed by atoms with Crippen LogP contribution in [0, 0.1) is 12.8 Å². The molecule has 1 aliphatic rings. The molecule has 28 heavy (non-hydrogen) atoms. The highest BCUT2D eigenvalue weighted by molar-refractivity contribution is 6.03. The van der Waals surface area contributed by atoms with Crippen LogP contribution in [0.1, 0.15) is 49.7 Å². The van der Waals surface area contributed by atoms with Gasteiger partial charge in [0.1, 0.15) is 5.69 Å².